The number of carboxylic acid groups (broad SMARTS) is 1. The number of nitrogens with one attached hydrogen (secondary N) is 1. The van der Waals surface area contributed by atoms with Crippen LogP contribution in [0.15, 0.2) is 6.20 Å². The normalized spacial score (nSPS) is 12.8. The average molecular weight is 182 g/mol. The van der Waals surface area contributed by atoms with E-state index in [1.807, 2.05) is 13.8 Å². The summed E-state index contributed by atoms with van der Waals surface area (Å²) < 4.78 is 0. The number of aromatic amines is 1. The Morgan fingerprint density at radius 1 is 1.77 bits per heavy atom. The third-order valence-electron chi connectivity index (χ3n) is 1.98. The van der Waals surface area contributed by atoms with Crippen molar-refractivity contribution in [3.8, 4) is 0 Å². The molecule has 1 aromatic rings. The number of aromatic nitrogens is 2. The van der Waals surface area contributed by atoms with E-state index in [1.54, 1.807) is 6.20 Å². The summed E-state index contributed by atoms with van der Waals surface area (Å²) in [5, 5.41) is 8.57. The second kappa shape index (κ2) is 4.07. The largest absolute Gasteiger partial charge is 0.481 e. The van der Waals surface area contributed by atoms with Crippen molar-refractivity contribution in [1.82, 2.24) is 9.97 Å². The van der Waals surface area contributed by atoms with Crippen molar-refractivity contribution < 1.29 is 9.90 Å². The predicted molar refractivity (Wildman–Crippen MR) is 48.6 cm³/mol. The number of nitrogens with zero attached hydrogens (tertiary/aromatic N) is 1. The molecule has 2 N–H and O–H groups in total. The zero-order valence-corrected chi connectivity index (χ0v) is 7.87. The Morgan fingerprint density at radius 2 is 2.46 bits per heavy atom. The minimum Gasteiger partial charge on any atom is -0.481 e. The van der Waals surface area contributed by atoms with E-state index in [4.69, 9.17) is 5.11 Å². The molecule has 0 bridgehead atoms. The van der Waals surface area contributed by atoms with Crippen LogP contribution in [-0.2, 0) is 11.2 Å². The molecule has 0 saturated carbocycles. The smallest absolute Gasteiger partial charge is 0.304 e. The van der Waals surface area contributed by atoms with Crippen molar-refractivity contribution in [1.29, 1.82) is 0 Å². The van der Waals surface area contributed by atoms with Gasteiger partial charge in [0.2, 0.25) is 0 Å². The second-order valence-electron chi connectivity index (χ2n) is 3.15. The van der Waals surface area contributed by atoms with Gasteiger partial charge < -0.3 is 10.1 Å². The van der Waals surface area contributed by atoms with Gasteiger partial charge in [-0.1, -0.05) is 13.8 Å². The highest BCUT2D eigenvalue weighted by atomic mass is 16.4. The number of carbonyl (C=O) groups is 1. The van der Waals surface area contributed by atoms with Gasteiger partial charge in [-0.15, -0.1) is 0 Å². The first-order chi connectivity index (χ1) is 6.13. The zero-order valence-electron chi connectivity index (χ0n) is 7.87. The summed E-state index contributed by atoms with van der Waals surface area (Å²) in [6.07, 6.45) is 2.77. The fraction of sp³-hybridized carbons (Fsp3) is 0.556. The Kier molecular flexibility index (Phi) is 3.06. The summed E-state index contributed by atoms with van der Waals surface area (Å²) in [5.41, 5.74) is 1.05. The molecule has 0 aliphatic rings. The minimum absolute atomic E-state index is 0.0437. The average Bonchev–Trinajstić information content (AvgIpc) is 2.50. The zero-order chi connectivity index (χ0) is 9.84. The molecule has 0 spiro atoms. The number of aryl methyl sites for hydroxylation is 1. The minimum atomic E-state index is -0.790. The van der Waals surface area contributed by atoms with E-state index in [-0.39, 0.29) is 12.3 Å². The first-order valence-electron chi connectivity index (χ1n) is 4.39. The van der Waals surface area contributed by atoms with Crippen molar-refractivity contribution >= 4 is 5.97 Å². The molecule has 72 valence electrons. The molecular formula is C9H14N2O2. The van der Waals surface area contributed by atoms with Crippen LogP contribution < -0.4 is 0 Å². The van der Waals surface area contributed by atoms with Crippen LogP contribution in [0.4, 0.5) is 0 Å². The molecule has 4 heteroatoms. The lowest BCUT2D eigenvalue weighted by Gasteiger charge is -2.03. The van der Waals surface area contributed by atoms with Gasteiger partial charge >= 0.3 is 5.97 Å². The SMILES string of the molecule is CCc1cnc(C(C)CC(=O)O)[nH]1. The molecule has 0 amide bonds. The van der Waals surface area contributed by atoms with Crippen LogP contribution in [0, 0.1) is 0 Å². The Bertz CT molecular complexity index is 294. The molecule has 1 heterocycles. The van der Waals surface area contributed by atoms with Gasteiger partial charge in [-0.3, -0.25) is 4.79 Å². The van der Waals surface area contributed by atoms with Gasteiger partial charge in [0.05, 0.1) is 6.42 Å². The van der Waals surface area contributed by atoms with Gasteiger partial charge in [0.15, 0.2) is 0 Å². The van der Waals surface area contributed by atoms with Crippen LogP contribution in [0.5, 0.6) is 0 Å². The lowest BCUT2D eigenvalue weighted by molar-refractivity contribution is -0.137. The summed E-state index contributed by atoms with van der Waals surface area (Å²) in [7, 11) is 0. The summed E-state index contributed by atoms with van der Waals surface area (Å²) in [4.78, 5) is 17.6. The second-order valence-corrected chi connectivity index (χ2v) is 3.15. The Hall–Kier alpha value is -1.32. The van der Waals surface area contributed by atoms with Gasteiger partial charge in [-0.2, -0.15) is 0 Å². The lowest BCUT2D eigenvalue weighted by Crippen LogP contribution is -2.04. The topological polar surface area (TPSA) is 66.0 Å². The van der Waals surface area contributed by atoms with Gasteiger partial charge in [0, 0.05) is 17.8 Å². The number of carboxylic acids is 1. The van der Waals surface area contributed by atoms with Crippen LogP contribution in [0.25, 0.3) is 0 Å². The number of imidazole rings is 1. The van der Waals surface area contributed by atoms with E-state index < -0.39 is 5.97 Å². The summed E-state index contributed by atoms with van der Waals surface area (Å²) in [6, 6.07) is 0. The molecule has 0 aromatic carbocycles. The molecule has 1 rings (SSSR count). The van der Waals surface area contributed by atoms with Crippen molar-refractivity contribution in [3.05, 3.63) is 17.7 Å². The third kappa shape index (κ3) is 2.57. The molecule has 1 unspecified atom stereocenters. The Morgan fingerprint density at radius 3 is 2.92 bits per heavy atom. The van der Waals surface area contributed by atoms with E-state index >= 15 is 0 Å². The molecule has 4 nitrogen and oxygen atoms in total. The van der Waals surface area contributed by atoms with E-state index in [2.05, 4.69) is 9.97 Å². The maximum absolute atomic E-state index is 10.4. The summed E-state index contributed by atoms with van der Waals surface area (Å²) in [6.45, 7) is 3.88. The first-order valence-corrected chi connectivity index (χ1v) is 4.39. The molecule has 0 fully saturated rings. The van der Waals surface area contributed by atoms with Gasteiger partial charge in [0.1, 0.15) is 5.82 Å². The van der Waals surface area contributed by atoms with Crippen molar-refractivity contribution in [2.45, 2.75) is 32.6 Å². The number of aliphatic carboxylic acids is 1. The maximum atomic E-state index is 10.4. The van der Waals surface area contributed by atoms with E-state index in [0.29, 0.717) is 0 Å². The van der Waals surface area contributed by atoms with Crippen molar-refractivity contribution in [2.75, 3.05) is 0 Å². The van der Waals surface area contributed by atoms with E-state index in [0.717, 1.165) is 17.9 Å². The Labute approximate surface area is 77.0 Å². The van der Waals surface area contributed by atoms with Crippen molar-refractivity contribution in [2.24, 2.45) is 0 Å². The van der Waals surface area contributed by atoms with Crippen LogP contribution in [0.2, 0.25) is 0 Å². The summed E-state index contributed by atoms with van der Waals surface area (Å²) in [5.74, 6) is -0.0704. The van der Waals surface area contributed by atoms with Crippen LogP contribution in [0.1, 0.15) is 37.7 Å². The molecule has 1 atom stereocenters. The van der Waals surface area contributed by atoms with Gasteiger partial charge in [-0.25, -0.2) is 4.98 Å². The monoisotopic (exact) mass is 182 g/mol. The van der Waals surface area contributed by atoms with Gasteiger partial charge in [0.25, 0.3) is 0 Å². The van der Waals surface area contributed by atoms with Gasteiger partial charge in [-0.05, 0) is 6.42 Å². The third-order valence-corrected chi connectivity index (χ3v) is 1.98. The van der Waals surface area contributed by atoms with Crippen molar-refractivity contribution in [3.63, 3.8) is 0 Å². The molecule has 13 heavy (non-hydrogen) atoms. The number of rotatable bonds is 4. The summed E-state index contributed by atoms with van der Waals surface area (Å²) >= 11 is 0. The molecule has 0 radical (unpaired) electrons. The number of hydrogen-bond acceptors (Lipinski definition) is 2. The quantitative estimate of drug-likeness (QED) is 0.742. The fourth-order valence-electron chi connectivity index (χ4n) is 1.17. The molecule has 0 aliphatic heterocycles. The molecular weight excluding hydrogens is 168 g/mol. The van der Waals surface area contributed by atoms with E-state index in [1.165, 1.54) is 0 Å². The Balaban J connectivity index is 2.65. The fourth-order valence-corrected chi connectivity index (χ4v) is 1.17. The van der Waals surface area contributed by atoms with Crippen LogP contribution >= 0.6 is 0 Å². The lowest BCUT2D eigenvalue weighted by atomic mass is 10.1. The highest BCUT2D eigenvalue weighted by Crippen LogP contribution is 2.15. The first kappa shape index (κ1) is 9.77. The highest BCUT2D eigenvalue weighted by molar-refractivity contribution is 5.67. The predicted octanol–water partition coefficient (Wildman–Crippen LogP) is 1.55. The molecule has 1 aromatic heterocycles. The maximum Gasteiger partial charge on any atom is 0.304 e. The number of H-pyrrole nitrogens is 1. The molecule has 0 saturated heterocycles. The molecule has 0 aliphatic carbocycles. The standard InChI is InChI=1S/C9H14N2O2/c1-3-7-5-10-9(11-7)6(2)4-8(12)13/h5-6H,3-4H2,1-2H3,(H,10,11)(H,12,13). The highest BCUT2D eigenvalue weighted by Gasteiger charge is 2.12. The van der Waals surface area contributed by atoms with E-state index in [9.17, 15) is 4.79 Å². The van der Waals surface area contributed by atoms with Crippen LogP contribution in [-0.4, -0.2) is 21.0 Å². The van der Waals surface area contributed by atoms with Crippen LogP contribution in [0.3, 0.4) is 0 Å². The number of hydrogen-bond donors (Lipinski definition) is 2.